The monoisotopic (exact) mass is 447 g/mol. The Labute approximate surface area is 190 Å². The molecule has 1 unspecified atom stereocenters. The Morgan fingerprint density at radius 2 is 2.09 bits per heavy atom. The highest BCUT2D eigenvalue weighted by Crippen LogP contribution is 2.45. The van der Waals surface area contributed by atoms with Crippen molar-refractivity contribution < 1.29 is 14.3 Å². The molecule has 33 heavy (non-hydrogen) atoms. The molecule has 0 aliphatic carbocycles. The van der Waals surface area contributed by atoms with Gasteiger partial charge in [-0.1, -0.05) is 25.5 Å². The number of nitrogens with one attached hydrogen (secondary N) is 1. The Morgan fingerprint density at radius 1 is 1.21 bits per heavy atom. The Bertz CT molecular complexity index is 1330. The van der Waals surface area contributed by atoms with E-state index in [1.165, 1.54) is 6.33 Å². The number of amides is 1. The zero-order chi connectivity index (χ0) is 22.9. The average Bonchev–Trinajstić information content (AvgIpc) is 3.42. The van der Waals surface area contributed by atoms with Crippen molar-refractivity contribution in [3.8, 4) is 17.3 Å². The number of aryl methyl sites for hydroxylation is 1. The lowest BCUT2D eigenvalue weighted by Crippen LogP contribution is -2.25. The van der Waals surface area contributed by atoms with Gasteiger partial charge in [0.25, 0.3) is 0 Å². The summed E-state index contributed by atoms with van der Waals surface area (Å²) >= 11 is 0. The van der Waals surface area contributed by atoms with Crippen LogP contribution in [-0.2, 0) is 4.79 Å². The van der Waals surface area contributed by atoms with Gasteiger partial charge in [-0.3, -0.25) is 4.79 Å². The molecule has 3 aromatic heterocycles. The van der Waals surface area contributed by atoms with E-state index in [-0.39, 0.29) is 18.2 Å². The molecule has 1 aliphatic heterocycles. The Kier molecular flexibility index (Phi) is 5.41. The van der Waals surface area contributed by atoms with E-state index in [9.17, 15) is 4.79 Å². The second-order valence-electron chi connectivity index (χ2n) is 7.97. The molecule has 10 nitrogen and oxygen atoms in total. The maximum Gasteiger partial charge on any atom is 0.226 e. The molecule has 1 amide bonds. The van der Waals surface area contributed by atoms with Crippen LogP contribution in [0.5, 0.6) is 11.5 Å². The van der Waals surface area contributed by atoms with Crippen molar-refractivity contribution in [2.75, 3.05) is 19.0 Å². The maximum atomic E-state index is 12.8. The number of rotatable bonds is 7. The van der Waals surface area contributed by atoms with Gasteiger partial charge in [-0.15, -0.1) is 15.3 Å². The van der Waals surface area contributed by atoms with Gasteiger partial charge < -0.3 is 14.8 Å². The van der Waals surface area contributed by atoms with Crippen molar-refractivity contribution in [2.45, 2.75) is 39.0 Å². The van der Waals surface area contributed by atoms with Gasteiger partial charge in [-0.05, 0) is 31.5 Å². The van der Waals surface area contributed by atoms with Gasteiger partial charge in [-0.2, -0.15) is 14.3 Å². The predicted octanol–water partition coefficient (Wildman–Crippen LogP) is 3.28. The largest absolute Gasteiger partial charge is 0.493 e. The number of fused-ring (bicyclic) bond motifs is 2. The van der Waals surface area contributed by atoms with Crippen molar-refractivity contribution in [3.05, 3.63) is 53.5 Å². The lowest BCUT2D eigenvalue weighted by Gasteiger charge is -2.26. The summed E-state index contributed by atoms with van der Waals surface area (Å²) in [5.41, 5.74) is 3.28. The van der Waals surface area contributed by atoms with Gasteiger partial charge in [-0.25, -0.2) is 0 Å². The molecule has 0 saturated heterocycles. The summed E-state index contributed by atoms with van der Waals surface area (Å²) in [7, 11) is 1.63. The number of anilines is 1. The predicted molar refractivity (Wildman–Crippen MR) is 121 cm³/mol. The first kappa shape index (κ1) is 20.9. The molecule has 4 heterocycles. The molecule has 0 bridgehead atoms. The fraction of sp³-hybridized carbons (Fsp3) is 0.348. The van der Waals surface area contributed by atoms with Crippen LogP contribution in [0, 0.1) is 6.92 Å². The summed E-state index contributed by atoms with van der Waals surface area (Å²) in [6.07, 6.45) is 3.77. The van der Waals surface area contributed by atoms with Crippen LogP contribution >= 0.6 is 0 Å². The van der Waals surface area contributed by atoms with Gasteiger partial charge in [0, 0.05) is 23.5 Å². The number of hydrogen-bond acceptors (Lipinski definition) is 7. The quantitative estimate of drug-likeness (QED) is 0.433. The van der Waals surface area contributed by atoms with Crippen LogP contribution < -0.4 is 14.8 Å². The zero-order valence-electron chi connectivity index (χ0n) is 18.8. The number of unbranched alkanes of at least 4 members (excludes halogenated alkanes) is 1. The standard InChI is InChI=1S/C23H25N7O3/c1-4-5-11-33-22-15(7-6-8-17(22)32-3)16-12-20(31)25-23-21(16)14(2)27-30(23)19-10-9-18-26-24-13-29(18)28-19/h6-10,13,16H,4-5,11-12H2,1-3H3,(H,25,31). The molecular weight excluding hydrogens is 422 g/mol. The lowest BCUT2D eigenvalue weighted by molar-refractivity contribution is -0.116. The first-order valence-corrected chi connectivity index (χ1v) is 11.0. The second kappa shape index (κ2) is 8.53. The van der Waals surface area contributed by atoms with E-state index in [2.05, 4.69) is 27.5 Å². The van der Waals surface area contributed by atoms with Crippen molar-refractivity contribution in [3.63, 3.8) is 0 Å². The minimum Gasteiger partial charge on any atom is -0.493 e. The lowest BCUT2D eigenvalue weighted by atomic mass is 9.85. The fourth-order valence-corrected chi connectivity index (χ4v) is 4.25. The van der Waals surface area contributed by atoms with Gasteiger partial charge in [0.2, 0.25) is 5.91 Å². The summed E-state index contributed by atoms with van der Waals surface area (Å²) < 4.78 is 15.0. The number of carbonyl (C=O) groups excluding carboxylic acids is 1. The van der Waals surface area contributed by atoms with Crippen LogP contribution in [0.3, 0.4) is 0 Å². The Hall–Kier alpha value is -3.95. The van der Waals surface area contributed by atoms with Crippen LogP contribution in [0.1, 0.15) is 48.9 Å². The maximum absolute atomic E-state index is 12.8. The van der Waals surface area contributed by atoms with E-state index >= 15 is 0 Å². The summed E-state index contributed by atoms with van der Waals surface area (Å²) in [6, 6.07) is 9.41. The van der Waals surface area contributed by atoms with E-state index in [1.807, 2.05) is 31.2 Å². The number of nitrogens with zero attached hydrogens (tertiary/aromatic N) is 6. The molecule has 0 radical (unpaired) electrons. The summed E-state index contributed by atoms with van der Waals surface area (Å²) in [5, 5.41) is 20.1. The van der Waals surface area contributed by atoms with E-state index in [0.717, 1.165) is 29.7 Å². The van der Waals surface area contributed by atoms with E-state index in [1.54, 1.807) is 22.4 Å². The third kappa shape index (κ3) is 3.67. The van der Waals surface area contributed by atoms with Crippen LogP contribution in [0.2, 0.25) is 0 Å². The summed E-state index contributed by atoms with van der Waals surface area (Å²) in [4.78, 5) is 12.8. The van der Waals surface area contributed by atoms with Gasteiger partial charge in [0.15, 0.2) is 23.0 Å². The van der Waals surface area contributed by atoms with Gasteiger partial charge in [0.1, 0.15) is 12.1 Å². The molecule has 5 rings (SSSR count). The molecule has 1 aromatic carbocycles. The molecule has 0 fully saturated rings. The summed E-state index contributed by atoms with van der Waals surface area (Å²) in [5.74, 6) is 2.17. The SMILES string of the molecule is CCCCOc1c(OC)cccc1C1CC(=O)Nc2c1c(C)nn2-c1ccc2nncn2n1. The number of para-hydroxylation sites is 1. The highest BCUT2D eigenvalue weighted by Gasteiger charge is 2.35. The zero-order valence-corrected chi connectivity index (χ0v) is 18.8. The number of aromatic nitrogens is 6. The number of ether oxygens (including phenoxy) is 2. The van der Waals surface area contributed by atoms with Crippen molar-refractivity contribution in [1.82, 2.24) is 29.6 Å². The topological polar surface area (TPSA) is 108 Å². The molecule has 1 N–H and O–H groups in total. The third-order valence-corrected chi connectivity index (χ3v) is 5.82. The van der Waals surface area contributed by atoms with Crippen molar-refractivity contribution in [1.29, 1.82) is 0 Å². The molecule has 1 aliphatic rings. The number of carbonyl (C=O) groups is 1. The Balaban J connectivity index is 1.63. The van der Waals surface area contributed by atoms with Gasteiger partial charge >= 0.3 is 0 Å². The highest BCUT2D eigenvalue weighted by atomic mass is 16.5. The molecule has 4 aromatic rings. The molecule has 0 spiro atoms. The van der Waals surface area contributed by atoms with E-state index in [0.29, 0.717) is 35.4 Å². The molecule has 1 atom stereocenters. The van der Waals surface area contributed by atoms with Crippen LogP contribution in [0.4, 0.5) is 5.82 Å². The smallest absolute Gasteiger partial charge is 0.226 e. The third-order valence-electron chi connectivity index (χ3n) is 5.82. The highest BCUT2D eigenvalue weighted by molar-refractivity contribution is 5.95. The van der Waals surface area contributed by atoms with Crippen LogP contribution in [0.15, 0.2) is 36.7 Å². The minimum atomic E-state index is -0.229. The summed E-state index contributed by atoms with van der Waals surface area (Å²) in [6.45, 7) is 4.64. The number of methoxy groups -OCH3 is 1. The molecule has 10 heteroatoms. The molecule has 0 saturated carbocycles. The normalized spacial score (nSPS) is 15.4. The Morgan fingerprint density at radius 3 is 2.91 bits per heavy atom. The minimum absolute atomic E-state index is 0.0960. The number of benzene rings is 1. The fourth-order valence-electron chi connectivity index (χ4n) is 4.25. The van der Waals surface area contributed by atoms with Crippen molar-refractivity contribution >= 4 is 17.4 Å². The first-order valence-electron chi connectivity index (χ1n) is 11.0. The van der Waals surface area contributed by atoms with E-state index in [4.69, 9.17) is 14.6 Å². The first-order chi connectivity index (χ1) is 16.1. The van der Waals surface area contributed by atoms with E-state index < -0.39 is 0 Å². The molecule has 170 valence electrons. The van der Waals surface area contributed by atoms with Crippen LogP contribution in [0.25, 0.3) is 11.5 Å². The van der Waals surface area contributed by atoms with Crippen molar-refractivity contribution in [2.24, 2.45) is 0 Å². The molecular formula is C23H25N7O3. The van der Waals surface area contributed by atoms with Crippen LogP contribution in [-0.4, -0.2) is 49.2 Å². The van der Waals surface area contributed by atoms with Gasteiger partial charge in [0.05, 0.1) is 19.4 Å². The second-order valence-corrected chi connectivity index (χ2v) is 7.97. The average molecular weight is 447 g/mol. The number of hydrogen-bond donors (Lipinski definition) is 1.